The Hall–Kier alpha value is -1.55. The summed E-state index contributed by atoms with van der Waals surface area (Å²) in [5.41, 5.74) is 3.08. The van der Waals surface area contributed by atoms with Crippen molar-refractivity contribution in [1.29, 1.82) is 0 Å². The second-order valence-corrected chi connectivity index (χ2v) is 7.78. The smallest absolute Gasteiger partial charge is 0.193 e. The molecular formula is C20H29N3O. The maximum Gasteiger partial charge on any atom is 0.193 e. The summed E-state index contributed by atoms with van der Waals surface area (Å²) in [7, 11) is 4.03. The lowest BCUT2D eigenvalue weighted by Gasteiger charge is -2.63. The first-order chi connectivity index (χ1) is 11.7. The second-order valence-electron chi connectivity index (χ2n) is 7.78. The molecule has 4 heteroatoms. The number of aliphatic imine (C=N–C) groups is 1. The topological polar surface area (TPSA) is 36.9 Å². The molecule has 0 radical (unpaired) electrons. The summed E-state index contributed by atoms with van der Waals surface area (Å²) in [4.78, 5) is 6.81. The van der Waals surface area contributed by atoms with E-state index in [0.29, 0.717) is 23.5 Å². The molecule has 4 rings (SSSR count). The standard InChI is InChI=1S/C20H29N3O/c1-14-7-4-5-8-15(14)13-23(3)19(21-2)22-17-16-9-12-24-18(16)20(17)10-6-11-20/h4-5,7-8,16-18H,6,9-13H2,1-3H3,(H,21,22). The van der Waals surface area contributed by atoms with Crippen LogP contribution in [0.1, 0.15) is 36.8 Å². The molecule has 3 fully saturated rings. The molecule has 1 aromatic rings. The van der Waals surface area contributed by atoms with Gasteiger partial charge in [0, 0.05) is 44.6 Å². The van der Waals surface area contributed by atoms with E-state index in [1.54, 1.807) is 0 Å². The molecule has 130 valence electrons. The van der Waals surface area contributed by atoms with Crippen LogP contribution in [0.15, 0.2) is 29.3 Å². The van der Waals surface area contributed by atoms with Crippen molar-refractivity contribution in [3.8, 4) is 0 Å². The van der Waals surface area contributed by atoms with Crippen LogP contribution >= 0.6 is 0 Å². The average Bonchev–Trinajstić information content (AvgIpc) is 2.94. The fraction of sp³-hybridized carbons (Fsp3) is 0.650. The fourth-order valence-corrected chi connectivity index (χ4v) is 5.06. The zero-order valence-corrected chi connectivity index (χ0v) is 15.1. The van der Waals surface area contributed by atoms with Gasteiger partial charge in [-0.2, -0.15) is 0 Å². The first-order valence-electron chi connectivity index (χ1n) is 9.26. The highest BCUT2D eigenvalue weighted by atomic mass is 16.5. The Labute approximate surface area is 145 Å². The van der Waals surface area contributed by atoms with Gasteiger partial charge in [0.15, 0.2) is 5.96 Å². The molecule has 0 aromatic heterocycles. The van der Waals surface area contributed by atoms with Crippen LogP contribution in [0.2, 0.25) is 0 Å². The number of fused-ring (bicyclic) bond motifs is 2. The van der Waals surface area contributed by atoms with Gasteiger partial charge in [0.2, 0.25) is 0 Å². The molecule has 4 nitrogen and oxygen atoms in total. The second kappa shape index (κ2) is 6.07. The summed E-state index contributed by atoms with van der Waals surface area (Å²) in [6.45, 7) is 4.00. The van der Waals surface area contributed by atoms with Gasteiger partial charge in [-0.15, -0.1) is 0 Å². The zero-order valence-electron chi connectivity index (χ0n) is 15.1. The van der Waals surface area contributed by atoms with Crippen molar-refractivity contribution in [3.05, 3.63) is 35.4 Å². The summed E-state index contributed by atoms with van der Waals surface area (Å²) in [6, 6.07) is 9.13. The normalized spacial score (nSPS) is 30.5. The number of hydrogen-bond acceptors (Lipinski definition) is 2. The van der Waals surface area contributed by atoms with E-state index in [-0.39, 0.29) is 0 Å². The third kappa shape index (κ3) is 2.34. The molecule has 3 atom stereocenters. The molecule has 1 heterocycles. The van der Waals surface area contributed by atoms with Crippen molar-refractivity contribution in [2.75, 3.05) is 20.7 Å². The van der Waals surface area contributed by atoms with Gasteiger partial charge in [-0.3, -0.25) is 4.99 Å². The van der Waals surface area contributed by atoms with E-state index in [9.17, 15) is 0 Å². The molecule has 1 N–H and O–H groups in total. The number of benzene rings is 1. The predicted molar refractivity (Wildman–Crippen MR) is 97.1 cm³/mol. The molecule has 1 aromatic carbocycles. The van der Waals surface area contributed by atoms with Crippen molar-refractivity contribution < 1.29 is 4.74 Å². The first kappa shape index (κ1) is 15.9. The monoisotopic (exact) mass is 327 g/mol. The lowest BCUT2D eigenvalue weighted by atomic mass is 9.46. The van der Waals surface area contributed by atoms with Crippen LogP contribution < -0.4 is 5.32 Å². The summed E-state index contributed by atoms with van der Waals surface area (Å²) >= 11 is 0. The Kier molecular flexibility index (Phi) is 4.03. The van der Waals surface area contributed by atoms with Gasteiger partial charge in [-0.05, 0) is 37.3 Å². The van der Waals surface area contributed by atoms with Crippen molar-refractivity contribution >= 4 is 5.96 Å². The van der Waals surface area contributed by atoms with E-state index in [1.165, 1.54) is 36.8 Å². The highest BCUT2D eigenvalue weighted by Crippen LogP contribution is 2.62. The molecule has 1 saturated heterocycles. The zero-order chi connectivity index (χ0) is 16.7. The van der Waals surface area contributed by atoms with E-state index in [1.807, 2.05) is 7.05 Å². The quantitative estimate of drug-likeness (QED) is 0.685. The minimum absolute atomic E-state index is 0.389. The van der Waals surface area contributed by atoms with Gasteiger partial charge in [-0.25, -0.2) is 0 Å². The average molecular weight is 327 g/mol. The van der Waals surface area contributed by atoms with Gasteiger partial charge in [0.1, 0.15) is 0 Å². The third-order valence-electron chi connectivity index (χ3n) is 6.56. The molecule has 3 aliphatic rings. The van der Waals surface area contributed by atoms with E-state index in [2.05, 4.69) is 53.4 Å². The number of rotatable bonds is 3. The van der Waals surface area contributed by atoms with Crippen LogP contribution in [0.5, 0.6) is 0 Å². The Balaban J connectivity index is 1.45. The number of nitrogens with one attached hydrogen (secondary N) is 1. The number of aryl methyl sites for hydroxylation is 1. The lowest BCUT2D eigenvalue weighted by Crippen LogP contribution is -2.72. The molecule has 0 bridgehead atoms. The Morgan fingerprint density at radius 1 is 1.38 bits per heavy atom. The Morgan fingerprint density at radius 2 is 2.17 bits per heavy atom. The summed E-state index contributed by atoms with van der Waals surface area (Å²) < 4.78 is 6.03. The first-order valence-corrected chi connectivity index (χ1v) is 9.26. The summed E-state index contributed by atoms with van der Waals surface area (Å²) in [6.07, 6.45) is 5.67. The van der Waals surface area contributed by atoms with Crippen molar-refractivity contribution in [3.63, 3.8) is 0 Å². The van der Waals surface area contributed by atoms with Gasteiger partial charge in [0.05, 0.1) is 6.10 Å². The van der Waals surface area contributed by atoms with Crippen LogP contribution in [0.25, 0.3) is 0 Å². The van der Waals surface area contributed by atoms with E-state index in [0.717, 1.165) is 19.1 Å². The van der Waals surface area contributed by atoms with E-state index >= 15 is 0 Å². The Bertz CT molecular complexity index is 638. The van der Waals surface area contributed by atoms with Gasteiger partial charge in [-0.1, -0.05) is 30.7 Å². The summed E-state index contributed by atoms with van der Waals surface area (Å²) in [5.74, 6) is 1.69. The van der Waals surface area contributed by atoms with Crippen LogP contribution in [-0.2, 0) is 11.3 Å². The maximum absolute atomic E-state index is 6.03. The molecule has 24 heavy (non-hydrogen) atoms. The van der Waals surface area contributed by atoms with Gasteiger partial charge < -0.3 is 15.0 Å². The van der Waals surface area contributed by atoms with Gasteiger partial charge in [0.25, 0.3) is 0 Å². The van der Waals surface area contributed by atoms with Crippen molar-refractivity contribution in [2.45, 2.75) is 51.3 Å². The van der Waals surface area contributed by atoms with Crippen molar-refractivity contribution in [1.82, 2.24) is 10.2 Å². The minimum Gasteiger partial charge on any atom is -0.377 e. The van der Waals surface area contributed by atoms with Crippen molar-refractivity contribution in [2.24, 2.45) is 16.3 Å². The lowest BCUT2D eigenvalue weighted by molar-refractivity contribution is -0.171. The number of nitrogens with zero attached hydrogens (tertiary/aromatic N) is 2. The maximum atomic E-state index is 6.03. The highest BCUT2D eigenvalue weighted by Gasteiger charge is 2.66. The summed E-state index contributed by atoms with van der Waals surface area (Å²) in [5, 5.41) is 3.80. The molecular weight excluding hydrogens is 298 g/mol. The molecule has 2 aliphatic carbocycles. The van der Waals surface area contributed by atoms with Crippen LogP contribution in [0, 0.1) is 18.3 Å². The van der Waals surface area contributed by atoms with Crippen LogP contribution in [-0.4, -0.2) is 43.7 Å². The number of hydrogen-bond donors (Lipinski definition) is 1. The van der Waals surface area contributed by atoms with Gasteiger partial charge >= 0.3 is 0 Å². The predicted octanol–water partition coefficient (Wildman–Crippen LogP) is 2.96. The van der Waals surface area contributed by atoms with Crippen LogP contribution in [0.4, 0.5) is 0 Å². The third-order valence-corrected chi connectivity index (χ3v) is 6.56. The van der Waals surface area contributed by atoms with E-state index < -0.39 is 0 Å². The largest absolute Gasteiger partial charge is 0.377 e. The fourth-order valence-electron chi connectivity index (χ4n) is 5.06. The molecule has 1 aliphatic heterocycles. The molecule has 2 saturated carbocycles. The Morgan fingerprint density at radius 3 is 2.83 bits per heavy atom. The van der Waals surface area contributed by atoms with Crippen LogP contribution in [0.3, 0.4) is 0 Å². The van der Waals surface area contributed by atoms with E-state index in [4.69, 9.17) is 4.74 Å². The molecule has 3 unspecified atom stereocenters. The number of guanidine groups is 1. The molecule has 0 amide bonds. The minimum atomic E-state index is 0.389. The highest BCUT2D eigenvalue weighted by molar-refractivity contribution is 5.80. The number of ether oxygens (including phenoxy) is 1. The molecule has 1 spiro atoms. The SMILES string of the molecule is CN=C(NC1C2CCOC2C12CCC2)N(C)Cc1ccccc1C.